The number of amides is 1. The van der Waals surface area contributed by atoms with Gasteiger partial charge in [-0.15, -0.1) is 0 Å². The fourth-order valence-electron chi connectivity index (χ4n) is 2.37. The van der Waals surface area contributed by atoms with Gasteiger partial charge in [-0.1, -0.05) is 12.1 Å². The molecule has 0 radical (unpaired) electrons. The lowest BCUT2D eigenvalue weighted by atomic mass is 10.0. The summed E-state index contributed by atoms with van der Waals surface area (Å²) < 4.78 is 43.9. The summed E-state index contributed by atoms with van der Waals surface area (Å²) in [5, 5.41) is 22.4. The van der Waals surface area contributed by atoms with E-state index >= 15 is 0 Å². The number of carbonyl (C=O) groups is 1. The normalized spacial score (nSPS) is 12.3. The Morgan fingerprint density at radius 3 is 1.93 bits per heavy atom. The van der Waals surface area contributed by atoms with Crippen LogP contribution in [0.15, 0.2) is 36.4 Å². The predicted octanol–water partition coefficient (Wildman–Crippen LogP) is 3.19. The van der Waals surface area contributed by atoms with Gasteiger partial charge in [0.15, 0.2) is 0 Å². The summed E-state index contributed by atoms with van der Waals surface area (Å²) in [4.78, 5) is 30.8. The number of ether oxygens (including phenoxy) is 1. The fraction of sp³-hybridized carbons (Fsp3) is 0.188. The highest BCUT2D eigenvalue weighted by molar-refractivity contribution is 5.74. The lowest BCUT2D eigenvalue weighted by Crippen LogP contribution is -2.20. The molecule has 0 saturated carbocycles. The van der Waals surface area contributed by atoms with Crippen molar-refractivity contribution in [3.63, 3.8) is 0 Å². The highest BCUT2D eigenvalue weighted by Gasteiger charge is 2.38. The van der Waals surface area contributed by atoms with Gasteiger partial charge in [0.05, 0.1) is 15.4 Å². The standard InChI is InChI=1S/C16H13F3N4O6/c17-16(18,19)9-5-12(22(25)26)15(13(6-9)23(27)28)29-10-3-1-8(2-4-10)11(20)7-14(21)24/h1-6,11H,7,20H2,(H2,21,24). The molecule has 0 aliphatic carbocycles. The molecule has 0 spiro atoms. The van der Waals surface area contributed by atoms with Crippen molar-refractivity contribution in [2.45, 2.75) is 18.6 Å². The SMILES string of the molecule is NC(=O)CC(N)c1ccc(Oc2c([N+](=O)[O-])cc(C(F)(F)F)cc2[N+](=O)[O-])cc1. The topological polar surface area (TPSA) is 165 Å². The van der Waals surface area contributed by atoms with Crippen LogP contribution in [0.3, 0.4) is 0 Å². The van der Waals surface area contributed by atoms with E-state index in [1.807, 2.05) is 0 Å². The van der Waals surface area contributed by atoms with Crippen molar-refractivity contribution in [2.24, 2.45) is 11.5 Å². The number of nitro benzene ring substituents is 2. The first-order chi connectivity index (χ1) is 13.4. The zero-order valence-corrected chi connectivity index (χ0v) is 14.4. The Morgan fingerprint density at radius 2 is 1.55 bits per heavy atom. The molecule has 0 aliphatic rings. The molecule has 0 saturated heterocycles. The second-order valence-corrected chi connectivity index (χ2v) is 5.80. The number of rotatable bonds is 7. The molecule has 0 aliphatic heterocycles. The Balaban J connectivity index is 2.47. The van der Waals surface area contributed by atoms with Crippen LogP contribution >= 0.6 is 0 Å². The predicted molar refractivity (Wildman–Crippen MR) is 92.0 cm³/mol. The largest absolute Gasteiger partial charge is 0.444 e. The summed E-state index contributed by atoms with van der Waals surface area (Å²) in [7, 11) is 0. The van der Waals surface area contributed by atoms with Crippen LogP contribution in [-0.2, 0) is 11.0 Å². The summed E-state index contributed by atoms with van der Waals surface area (Å²) >= 11 is 0. The third-order valence-electron chi connectivity index (χ3n) is 3.72. The molecule has 0 fully saturated rings. The second kappa shape index (κ2) is 8.10. The number of alkyl halides is 3. The second-order valence-electron chi connectivity index (χ2n) is 5.80. The van der Waals surface area contributed by atoms with Crippen molar-refractivity contribution < 1.29 is 32.5 Å². The summed E-state index contributed by atoms with van der Waals surface area (Å²) in [5.41, 5.74) is 7.25. The van der Waals surface area contributed by atoms with E-state index in [9.17, 15) is 38.2 Å². The van der Waals surface area contributed by atoms with Crippen LogP contribution in [0.5, 0.6) is 11.5 Å². The van der Waals surface area contributed by atoms with E-state index in [0.717, 1.165) is 0 Å². The Labute approximate surface area is 160 Å². The van der Waals surface area contributed by atoms with Crippen molar-refractivity contribution in [1.29, 1.82) is 0 Å². The molecule has 1 atom stereocenters. The number of benzene rings is 2. The first kappa shape index (κ1) is 21.6. The van der Waals surface area contributed by atoms with Crippen LogP contribution in [0.1, 0.15) is 23.6 Å². The number of nitrogens with two attached hydrogens (primary N) is 2. The van der Waals surface area contributed by atoms with E-state index in [1.165, 1.54) is 24.3 Å². The van der Waals surface area contributed by atoms with Crippen LogP contribution in [0.2, 0.25) is 0 Å². The van der Waals surface area contributed by atoms with Crippen LogP contribution in [0, 0.1) is 20.2 Å². The number of halogens is 3. The molecule has 2 rings (SSSR count). The van der Waals surface area contributed by atoms with Crippen molar-refractivity contribution in [3.05, 3.63) is 67.8 Å². The van der Waals surface area contributed by atoms with Gasteiger partial charge in [-0.25, -0.2) is 0 Å². The summed E-state index contributed by atoms with van der Waals surface area (Å²) in [6.45, 7) is 0. The first-order valence-electron chi connectivity index (χ1n) is 7.76. The highest BCUT2D eigenvalue weighted by Crippen LogP contribution is 2.44. The van der Waals surface area contributed by atoms with Gasteiger partial charge in [-0.05, 0) is 17.7 Å². The number of nitrogens with zero attached hydrogens (tertiary/aromatic N) is 2. The lowest BCUT2D eigenvalue weighted by molar-refractivity contribution is -0.396. The van der Waals surface area contributed by atoms with Crippen molar-refractivity contribution in [1.82, 2.24) is 0 Å². The summed E-state index contributed by atoms with van der Waals surface area (Å²) in [6.07, 6.45) is -5.19. The molecule has 0 heterocycles. The first-order valence-corrected chi connectivity index (χ1v) is 7.76. The lowest BCUT2D eigenvalue weighted by Gasteiger charge is -2.12. The molecule has 1 amide bonds. The van der Waals surface area contributed by atoms with Gasteiger partial charge >= 0.3 is 17.6 Å². The molecule has 13 heteroatoms. The van der Waals surface area contributed by atoms with Crippen LogP contribution in [0.25, 0.3) is 0 Å². The minimum atomic E-state index is -5.04. The maximum absolute atomic E-state index is 12.9. The number of carbonyl (C=O) groups excluding carboxylic acids is 1. The summed E-state index contributed by atoms with van der Waals surface area (Å²) in [5.74, 6) is -1.73. The van der Waals surface area contributed by atoms with Crippen LogP contribution < -0.4 is 16.2 Å². The Kier molecular flexibility index (Phi) is 6.02. The molecule has 154 valence electrons. The van der Waals surface area contributed by atoms with Crippen molar-refractivity contribution in [3.8, 4) is 11.5 Å². The van der Waals surface area contributed by atoms with Crippen molar-refractivity contribution in [2.75, 3.05) is 0 Å². The van der Waals surface area contributed by atoms with Crippen molar-refractivity contribution >= 4 is 17.3 Å². The molecule has 4 N–H and O–H groups in total. The quantitative estimate of drug-likeness (QED) is 0.518. The summed E-state index contributed by atoms with van der Waals surface area (Å²) in [6, 6.07) is 4.80. The number of nitro groups is 2. The molecule has 1 unspecified atom stereocenters. The van der Waals surface area contributed by atoms with Crippen LogP contribution in [0.4, 0.5) is 24.5 Å². The zero-order chi connectivity index (χ0) is 21.9. The molecule has 0 bridgehead atoms. The van der Waals surface area contributed by atoms with Gasteiger partial charge in [0.1, 0.15) is 5.75 Å². The van der Waals surface area contributed by atoms with Gasteiger partial charge in [0.25, 0.3) is 5.75 Å². The van der Waals surface area contributed by atoms with Gasteiger partial charge in [0.2, 0.25) is 5.91 Å². The zero-order valence-electron chi connectivity index (χ0n) is 14.4. The van der Waals surface area contributed by atoms with Gasteiger partial charge < -0.3 is 16.2 Å². The van der Waals surface area contributed by atoms with E-state index in [1.54, 1.807) is 0 Å². The average molecular weight is 414 g/mol. The molecular formula is C16H13F3N4O6. The number of hydrogen-bond acceptors (Lipinski definition) is 7. The van der Waals surface area contributed by atoms with E-state index in [0.29, 0.717) is 5.56 Å². The Bertz CT molecular complexity index is 927. The molecule has 10 nitrogen and oxygen atoms in total. The minimum absolute atomic E-state index is 0.133. The molecule has 0 aromatic heterocycles. The molecular weight excluding hydrogens is 401 g/mol. The Hall–Kier alpha value is -3.74. The maximum atomic E-state index is 12.9. The van der Waals surface area contributed by atoms with E-state index in [2.05, 4.69) is 0 Å². The molecule has 2 aromatic carbocycles. The van der Waals surface area contributed by atoms with Gasteiger partial charge in [-0.3, -0.25) is 25.0 Å². The third-order valence-corrected chi connectivity index (χ3v) is 3.72. The number of primary amides is 1. The smallest absolute Gasteiger partial charge is 0.416 e. The number of hydrogen-bond donors (Lipinski definition) is 2. The van der Waals surface area contributed by atoms with Gasteiger partial charge in [-0.2, -0.15) is 13.2 Å². The van der Waals surface area contributed by atoms with Gasteiger partial charge in [0, 0.05) is 24.6 Å². The van der Waals surface area contributed by atoms with E-state index in [4.69, 9.17) is 16.2 Å². The average Bonchev–Trinajstić information content (AvgIpc) is 2.60. The van der Waals surface area contributed by atoms with Crippen LogP contribution in [-0.4, -0.2) is 15.8 Å². The Morgan fingerprint density at radius 1 is 1.07 bits per heavy atom. The maximum Gasteiger partial charge on any atom is 0.416 e. The fourth-order valence-corrected chi connectivity index (χ4v) is 2.37. The third kappa shape index (κ3) is 5.16. The highest BCUT2D eigenvalue weighted by atomic mass is 19.4. The molecule has 29 heavy (non-hydrogen) atoms. The van der Waals surface area contributed by atoms with E-state index in [-0.39, 0.29) is 24.3 Å². The van der Waals surface area contributed by atoms with E-state index < -0.39 is 50.7 Å². The minimum Gasteiger partial charge on any atom is -0.444 e. The monoisotopic (exact) mass is 414 g/mol. The molecule has 2 aromatic rings.